The largest absolute Gasteiger partial charge is 0.316 e. The molecule has 0 bridgehead atoms. The molecular formula is C14H20ClN. The normalized spacial score (nSPS) is 21.1. The number of benzene rings is 1. The van der Waals surface area contributed by atoms with Crippen molar-refractivity contribution in [2.24, 2.45) is 5.92 Å². The van der Waals surface area contributed by atoms with Gasteiger partial charge in [-0.15, -0.1) is 0 Å². The summed E-state index contributed by atoms with van der Waals surface area (Å²) in [6, 6.07) is 4.19. The lowest BCUT2D eigenvalue weighted by molar-refractivity contribution is 0.375. The molecule has 1 atom stereocenters. The molecule has 1 aromatic rings. The quantitative estimate of drug-likeness (QED) is 0.830. The van der Waals surface area contributed by atoms with Gasteiger partial charge in [0, 0.05) is 5.02 Å². The van der Waals surface area contributed by atoms with Gasteiger partial charge >= 0.3 is 0 Å². The summed E-state index contributed by atoms with van der Waals surface area (Å²) in [5.41, 5.74) is 4.15. The molecule has 2 heteroatoms. The third-order valence-corrected chi connectivity index (χ3v) is 3.87. The first-order valence-corrected chi connectivity index (χ1v) is 6.51. The second-order valence-corrected chi connectivity index (χ2v) is 5.36. The Balaban J connectivity index is 2.13. The van der Waals surface area contributed by atoms with Crippen molar-refractivity contribution in [3.05, 3.63) is 33.8 Å². The van der Waals surface area contributed by atoms with E-state index in [4.69, 9.17) is 11.6 Å². The van der Waals surface area contributed by atoms with Gasteiger partial charge in [0.05, 0.1) is 0 Å². The number of aryl methyl sites for hydroxylation is 1. The van der Waals surface area contributed by atoms with Crippen LogP contribution in [0.1, 0.15) is 29.5 Å². The van der Waals surface area contributed by atoms with E-state index in [1.54, 1.807) is 0 Å². The van der Waals surface area contributed by atoms with Gasteiger partial charge in [0.25, 0.3) is 0 Å². The minimum atomic E-state index is 0.783. The predicted octanol–water partition coefficient (Wildman–Crippen LogP) is 3.50. The summed E-state index contributed by atoms with van der Waals surface area (Å²) < 4.78 is 0. The zero-order valence-electron chi connectivity index (χ0n) is 10.1. The van der Waals surface area contributed by atoms with E-state index in [0.29, 0.717) is 0 Å². The lowest BCUT2D eigenvalue weighted by Gasteiger charge is -2.23. The number of nitrogens with one attached hydrogen (secondary N) is 1. The monoisotopic (exact) mass is 237 g/mol. The topological polar surface area (TPSA) is 12.0 Å². The lowest BCUT2D eigenvalue weighted by atomic mass is 9.89. The molecule has 1 aliphatic heterocycles. The molecular weight excluding hydrogens is 218 g/mol. The summed E-state index contributed by atoms with van der Waals surface area (Å²) in [4.78, 5) is 0. The molecule has 1 aromatic carbocycles. The van der Waals surface area contributed by atoms with Crippen LogP contribution in [0.5, 0.6) is 0 Å². The van der Waals surface area contributed by atoms with E-state index in [1.807, 2.05) is 0 Å². The summed E-state index contributed by atoms with van der Waals surface area (Å²) in [5, 5.41) is 4.35. The van der Waals surface area contributed by atoms with Crippen LogP contribution in [-0.2, 0) is 6.42 Å². The average molecular weight is 238 g/mol. The maximum absolute atomic E-state index is 6.12. The van der Waals surface area contributed by atoms with Crippen molar-refractivity contribution < 1.29 is 0 Å². The number of hydrogen-bond acceptors (Lipinski definition) is 1. The Morgan fingerprint density at radius 2 is 2.19 bits per heavy atom. The van der Waals surface area contributed by atoms with Crippen LogP contribution in [-0.4, -0.2) is 13.1 Å². The Labute approximate surface area is 103 Å². The highest BCUT2D eigenvalue weighted by Crippen LogP contribution is 2.24. The van der Waals surface area contributed by atoms with E-state index in [0.717, 1.165) is 17.5 Å². The molecule has 1 saturated heterocycles. The lowest BCUT2D eigenvalue weighted by Crippen LogP contribution is -2.31. The summed E-state index contributed by atoms with van der Waals surface area (Å²) >= 11 is 6.12. The fourth-order valence-electron chi connectivity index (χ4n) is 2.51. The third kappa shape index (κ3) is 2.78. The first-order chi connectivity index (χ1) is 7.66. The standard InChI is InChI=1S/C14H20ClN/c1-10-6-14(15)8-13(11(10)2)7-12-4-3-5-16-9-12/h6,8,12,16H,3-5,7,9H2,1-2H3. The van der Waals surface area contributed by atoms with Crippen LogP contribution in [0.15, 0.2) is 12.1 Å². The van der Waals surface area contributed by atoms with Crippen molar-refractivity contribution in [1.29, 1.82) is 0 Å². The Morgan fingerprint density at radius 1 is 1.38 bits per heavy atom. The average Bonchev–Trinajstić information content (AvgIpc) is 2.27. The van der Waals surface area contributed by atoms with Crippen LogP contribution in [0.25, 0.3) is 0 Å². The van der Waals surface area contributed by atoms with E-state index in [1.165, 1.54) is 42.5 Å². The number of rotatable bonds is 2. The molecule has 0 amide bonds. The van der Waals surface area contributed by atoms with Gasteiger partial charge in [-0.1, -0.05) is 11.6 Å². The van der Waals surface area contributed by atoms with Crippen molar-refractivity contribution in [2.75, 3.05) is 13.1 Å². The summed E-state index contributed by atoms with van der Waals surface area (Å²) in [6.07, 6.45) is 3.82. The Kier molecular flexibility index (Phi) is 3.88. The minimum absolute atomic E-state index is 0.783. The van der Waals surface area contributed by atoms with E-state index < -0.39 is 0 Å². The molecule has 1 nitrogen and oxygen atoms in total. The Morgan fingerprint density at radius 3 is 2.88 bits per heavy atom. The smallest absolute Gasteiger partial charge is 0.0411 e. The molecule has 88 valence electrons. The molecule has 0 radical (unpaired) electrons. The maximum Gasteiger partial charge on any atom is 0.0411 e. The van der Waals surface area contributed by atoms with Gasteiger partial charge < -0.3 is 5.32 Å². The summed E-state index contributed by atoms with van der Waals surface area (Å²) in [6.45, 7) is 6.69. The Hall–Kier alpha value is -0.530. The number of piperidine rings is 1. The van der Waals surface area contributed by atoms with Crippen molar-refractivity contribution >= 4 is 11.6 Å². The van der Waals surface area contributed by atoms with Gasteiger partial charge in [0.2, 0.25) is 0 Å². The first-order valence-electron chi connectivity index (χ1n) is 6.13. The first kappa shape index (κ1) is 11.9. The van der Waals surface area contributed by atoms with Gasteiger partial charge in [-0.3, -0.25) is 0 Å². The molecule has 16 heavy (non-hydrogen) atoms. The molecule has 0 spiro atoms. The zero-order valence-corrected chi connectivity index (χ0v) is 10.9. The SMILES string of the molecule is Cc1cc(Cl)cc(CC2CCCNC2)c1C. The molecule has 0 aromatic heterocycles. The highest BCUT2D eigenvalue weighted by molar-refractivity contribution is 6.30. The van der Waals surface area contributed by atoms with E-state index in [2.05, 4.69) is 31.3 Å². The highest BCUT2D eigenvalue weighted by Gasteiger charge is 2.15. The van der Waals surface area contributed by atoms with Crippen LogP contribution in [0, 0.1) is 19.8 Å². The molecule has 2 rings (SSSR count). The van der Waals surface area contributed by atoms with E-state index in [9.17, 15) is 0 Å². The fraction of sp³-hybridized carbons (Fsp3) is 0.571. The van der Waals surface area contributed by atoms with E-state index in [-0.39, 0.29) is 0 Å². The van der Waals surface area contributed by atoms with Crippen LogP contribution in [0.3, 0.4) is 0 Å². The van der Waals surface area contributed by atoms with Crippen molar-refractivity contribution in [3.8, 4) is 0 Å². The molecule has 1 N–H and O–H groups in total. The van der Waals surface area contributed by atoms with Gasteiger partial charge in [-0.05, 0) is 80.9 Å². The van der Waals surface area contributed by atoms with Crippen molar-refractivity contribution in [1.82, 2.24) is 5.32 Å². The van der Waals surface area contributed by atoms with Crippen LogP contribution in [0.2, 0.25) is 5.02 Å². The molecule has 0 aliphatic carbocycles. The second-order valence-electron chi connectivity index (χ2n) is 4.92. The molecule has 1 unspecified atom stereocenters. The zero-order chi connectivity index (χ0) is 11.5. The maximum atomic E-state index is 6.12. The molecule has 0 saturated carbocycles. The minimum Gasteiger partial charge on any atom is -0.316 e. The molecule has 1 aliphatic rings. The highest BCUT2D eigenvalue weighted by atomic mass is 35.5. The van der Waals surface area contributed by atoms with Crippen molar-refractivity contribution in [3.63, 3.8) is 0 Å². The summed E-state index contributed by atoms with van der Waals surface area (Å²) in [7, 11) is 0. The van der Waals surface area contributed by atoms with Crippen molar-refractivity contribution in [2.45, 2.75) is 33.1 Å². The Bertz CT molecular complexity index is 367. The van der Waals surface area contributed by atoms with Gasteiger partial charge in [-0.25, -0.2) is 0 Å². The third-order valence-electron chi connectivity index (χ3n) is 3.65. The summed E-state index contributed by atoms with van der Waals surface area (Å²) in [5.74, 6) is 0.783. The van der Waals surface area contributed by atoms with Gasteiger partial charge in [0.15, 0.2) is 0 Å². The second kappa shape index (κ2) is 5.20. The number of halogens is 1. The van der Waals surface area contributed by atoms with Crippen LogP contribution < -0.4 is 5.32 Å². The van der Waals surface area contributed by atoms with Crippen LogP contribution >= 0.6 is 11.6 Å². The molecule has 1 heterocycles. The van der Waals surface area contributed by atoms with Gasteiger partial charge in [0.1, 0.15) is 0 Å². The van der Waals surface area contributed by atoms with Gasteiger partial charge in [-0.2, -0.15) is 0 Å². The predicted molar refractivity (Wildman–Crippen MR) is 70.2 cm³/mol. The molecule has 1 fully saturated rings. The van der Waals surface area contributed by atoms with Crippen LogP contribution in [0.4, 0.5) is 0 Å². The number of hydrogen-bond donors (Lipinski definition) is 1. The van der Waals surface area contributed by atoms with E-state index >= 15 is 0 Å². The fourth-order valence-corrected chi connectivity index (χ4v) is 2.80.